The van der Waals surface area contributed by atoms with Gasteiger partial charge in [0, 0.05) is 31.2 Å². The molecule has 0 aliphatic rings. The van der Waals surface area contributed by atoms with Gasteiger partial charge in [0.25, 0.3) is 15.9 Å². The van der Waals surface area contributed by atoms with Crippen LogP contribution in [0.15, 0.2) is 33.7 Å². The van der Waals surface area contributed by atoms with E-state index in [0.29, 0.717) is 6.42 Å². The Morgan fingerprint density at radius 1 is 1.45 bits per heavy atom. The summed E-state index contributed by atoms with van der Waals surface area (Å²) in [7, 11) is -2.58. The number of benzene rings is 1. The van der Waals surface area contributed by atoms with E-state index >= 15 is 0 Å². The first kappa shape index (κ1) is 23.8. The van der Waals surface area contributed by atoms with E-state index in [4.69, 9.17) is 5.26 Å². The number of halogens is 1. The highest BCUT2D eigenvalue weighted by molar-refractivity contribution is 7.90. The normalized spacial score (nSPS) is 11.7. The van der Waals surface area contributed by atoms with Crippen LogP contribution in [0.2, 0.25) is 0 Å². The molecule has 31 heavy (non-hydrogen) atoms. The first-order valence-electron chi connectivity index (χ1n) is 9.17. The van der Waals surface area contributed by atoms with Crippen molar-refractivity contribution in [3.05, 3.63) is 47.0 Å². The molecule has 1 aromatic carbocycles. The van der Waals surface area contributed by atoms with Crippen LogP contribution in [0.1, 0.15) is 41.4 Å². The van der Waals surface area contributed by atoms with E-state index in [9.17, 15) is 22.7 Å². The molecule has 0 bridgehead atoms. The molecule has 0 spiro atoms. The van der Waals surface area contributed by atoms with Gasteiger partial charge in [0.1, 0.15) is 28.6 Å². The van der Waals surface area contributed by atoms with Crippen LogP contribution in [0.4, 0.5) is 10.1 Å². The lowest BCUT2D eigenvalue weighted by Crippen LogP contribution is -2.18. The van der Waals surface area contributed by atoms with Crippen molar-refractivity contribution in [2.45, 2.75) is 37.2 Å². The molecule has 0 aliphatic heterocycles. The standard InChI is InChI=1S/C21H21FN4O4S/c1-4-6-16(27)7-5-8-17-19(31(29,30)24-2)13-26(3)20(17)21(28)25-15-9-10-18(22)14(11-15)12-23/h9-11,13,16,27H,2,5,7-8H2,1,3H3,(H,25,28)/t16-/m0/s1. The van der Waals surface area contributed by atoms with Gasteiger partial charge in [-0.3, -0.25) is 4.79 Å². The Morgan fingerprint density at radius 3 is 2.77 bits per heavy atom. The number of carbonyl (C=O) groups is 1. The number of sulfonamides is 1. The summed E-state index contributed by atoms with van der Waals surface area (Å²) < 4.78 is 42.8. The molecular weight excluding hydrogens is 423 g/mol. The molecule has 162 valence electrons. The number of aromatic nitrogens is 1. The lowest BCUT2D eigenvalue weighted by atomic mass is 10.1. The monoisotopic (exact) mass is 444 g/mol. The molecule has 2 N–H and O–H groups in total. The lowest BCUT2D eigenvalue weighted by molar-refractivity contribution is 0.101. The molecule has 0 aliphatic carbocycles. The predicted molar refractivity (Wildman–Crippen MR) is 114 cm³/mol. The van der Waals surface area contributed by atoms with Crippen molar-refractivity contribution in [1.82, 2.24) is 4.57 Å². The molecule has 1 amide bonds. The highest BCUT2D eigenvalue weighted by Crippen LogP contribution is 2.27. The number of aliphatic hydroxyl groups excluding tert-OH is 1. The van der Waals surface area contributed by atoms with Crippen molar-refractivity contribution in [2.24, 2.45) is 11.4 Å². The molecule has 8 nitrogen and oxygen atoms in total. The van der Waals surface area contributed by atoms with Crippen LogP contribution in [-0.4, -0.2) is 36.8 Å². The second kappa shape index (κ2) is 10.0. The number of rotatable bonds is 8. The number of hydrogen-bond acceptors (Lipinski definition) is 5. The summed E-state index contributed by atoms with van der Waals surface area (Å²) in [6.45, 7) is 4.68. The van der Waals surface area contributed by atoms with E-state index in [1.807, 2.05) is 0 Å². The summed E-state index contributed by atoms with van der Waals surface area (Å²) in [4.78, 5) is 12.8. The fourth-order valence-corrected chi connectivity index (χ4v) is 4.01. The fraction of sp³-hybridized carbons (Fsp3) is 0.286. The van der Waals surface area contributed by atoms with Crippen molar-refractivity contribution in [1.29, 1.82) is 5.26 Å². The van der Waals surface area contributed by atoms with Gasteiger partial charge in [-0.05, 0) is 44.4 Å². The number of nitriles is 1. The molecule has 1 heterocycles. The molecule has 2 rings (SSSR count). The average Bonchev–Trinajstić information content (AvgIpc) is 3.06. The van der Waals surface area contributed by atoms with E-state index in [-0.39, 0.29) is 40.2 Å². The van der Waals surface area contributed by atoms with Gasteiger partial charge in [-0.2, -0.15) is 18.1 Å². The van der Waals surface area contributed by atoms with E-state index in [1.54, 1.807) is 13.0 Å². The van der Waals surface area contributed by atoms with Gasteiger partial charge in [0.2, 0.25) is 0 Å². The predicted octanol–water partition coefficient (Wildman–Crippen LogP) is 2.38. The van der Waals surface area contributed by atoms with E-state index in [1.165, 1.54) is 29.9 Å². The van der Waals surface area contributed by atoms with Crippen molar-refractivity contribution in [3.8, 4) is 17.9 Å². The minimum atomic E-state index is -4.08. The number of nitrogens with one attached hydrogen (secondary N) is 1. The Kier molecular flexibility index (Phi) is 7.70. The summed E-state index contributed by atoms with van der Waals surface area (Å²) in [6.07, 6.45) is 1.19. The second-order valence-electron chi connectivity index (χ2n) is 6.60. The molecule has 0 fully saturated rings. The van der Waals surface area contributed by atoms with Gasteiger partial charge in [-0.15, -0.1) is 5.92 Å². The van der Waals surface area contributed by atoms with Crippen LogP contribution >= 0.6 is 0 Å². The number of hydrogen-bond donors (Lipinski definition) is 2. The highest BCUT2D eigenvalue weighted by atomic mass is 32.2. The topological polar surface area (TPSA) is 125 Å². The minimum Gasteiger partial charge on any atom is -0.380 e. The third-order valence-corrected chi connectivity index (χ3v) is 5.72. The zero-order chi connectivity index (χ0) is 23.2. The van der Waals surface area contributed by atoms with Crippen molar-refractivity contribution >= 4 is 28.3 Å². The third-order valence-electron chi connectivity index (χ3n) is 4.47. The molecule has 0 unspecified atom stereocenters. The first-order chi connectivity index (χ1) is 14.6. The number of nitrogens with zero attached hydrogens (tertiary/aromatic N) is 3. The van der Waals surface area contributed by atoms with Crippen molar-refractivity contribution in [3.63, 3.8) is 0 Å². The summed E-state index contributed by atoms with van der Waals surface area (Å²) in [5, 5.41) is 21.3. The van der Waals surface area contributed by atoms with Gasteiger partial charge in [-0.1, -0.05) is 5.92 Å². The van der Waals surface area contributed by atoms with E-state index < -0.39 is 27.9 Å². The van der Waals surface area contributed by atoms with Crippen molar-refractivity contribution < 1.29 is 22.7 Å². The van der Waals surface area contributed by atoms with Gasteiger partial charge in [0.15, 0.2) is 0 Å². The maximum Gasteiger partial charge on any atom is 0.283 e. The lowest BCUT2D eigenvalue weighted by Gasteiger charge is -2.11. The van der Waals surface area contributed by atoms with Crippen LogP contribution in [0.3, 0.4) is 0 Å². The molecule has 0 saturated carbocycles. The average molecular weight is 444 g/mol. The highest BCUT2D eigenvalue weighted by Gasteiger charge is 2.27. The van der Waals surface area contributed by atoms with Crippen LogP contribution in [0.25, 0.3) is 0 Å². The molecule has 1 atom stereocenters. The molecule has 0 radical (unpaired) electrons. The third kappa shape index (κ3) is 5.57. The SMILES string of the molecule is C=NS(=O)(=O)c1cn(C)c(C(=O)Nc2ccc(F)c(C#N)c2)c1CCC[C@@H](O)C#CC. The van der Waals surface area contributed by atoms with Crippen LogP contribution in [0, 0.1) is 29.0 Å². The van der Waals surface area contributed by atoms with Gasteiger partial charge in [-0.25, -0.2) is 4.39 Å². The number of anilines is 1. The Bertz CT molecular complexity index is 1220. The summed E-state index contributed by atoms with van der Waals surface area (Å²) >= 11 is 0. The first-order valence-corrected chi connectivity index (χ1v) is 10.6. The van der Waals surface area contributed by atoms with Crippen LogP contribution in [0.5, 0.6) is 0 Å². The quantitative estimate of drug-likeness (QED) is 0.478. The summed E-state index contributed by atoms with van der Waals surface area (Å²) in [5.74, 6) is 3.83. The van der Waals surface area contributed by atoms with Crippen LogP contribution < -0.4 is 5.32 Å². The molecule has 10 heteroatoms. The Balaban J connectivity index is 2.42. The van der Waals surface area contributed by atoms with Crippen molar-refractivity contribution in [2.75, 3.05) is 5.32 Å². The second-order valence-corrected chi connectivity index (χ2v) is 8.25. The number of aliphatic hydroxyl groups is 1. The zero-order valence-corrected chi connectivity index (χ0v) is 17.8. The largest absolute Gasteiger partial charge is 0.380 e. The van der Waals surface area contributed by atoms with E-state index in [0.717, 1.165) is 6.07 Å². The summed E-state index contributed by atoms with van der Waals surface area (Å²) in [6, 6.07) is 5.21. The Labute approximate surface area is 180 Å². The van der Waals surface area contributed by atoms with Gasteiger partial charge in [0.05, 0.1) is 5.56 Å². The van der Waals surface area contributed by atoms with E-state index in [2.05, 4.69) is 28.3 Å². The number of carbonyl (C=O) groups excluding carboxylic acids is 1. The maximum atomic E-state index is 13.5. The molecule has 2 aromatic rings. The van der Waals surface area contributed by atoms with Gasteiger partial charge >= 0.3 is 0 Å². The molecule has 1 aromatic heterocycles. The summed E-state index contributed by atoms with van der Waals surface area (Å²) in [5.41, 5.74) is 0.206. The molecule has 0 saturated heterocycles. The Hall–Kier alpha value is -3.47. The Morgan fingerprint density at radius 2 is 2.16 bits per heavy atom. The number of aryl methyl sites for hydroxylation is 1. The van der Waals surface area contributed by atoms with Crippen LogP contribution in [-0.2, 0) is 23.5 Å². The zero-order valence-electron chi connectivity index (χ0n) is 17.0. The minimum absolute atomic E-state index is 0.0566. The van der Waals surface area contributed by atoms with Gasteiger partial charge < -0.3 is 15.0 Å². The smallest absolute Gasteiger partial charge is 0.283 e. The maximum absolute atomic E-state index is 13.5. The molecular formula is C21H21FN4O4S. The number of amides is 1. The fourth-order valence-electron chi connectivity index (χ4n) is 3.07.